The van der Waals surface area contributed by atoms with Gasteiger partial charge in [-0.2, -0.15) is 10.4 Å². The van der Waals surface area contributed by atoms with Gasteiger partial charge in [-0.3, -0.25) is 4.79 Å². The van der Waals surface area contributed by atoms with Crippen molar-refractivity contribution in [3.63, 3.8) is 0 Å². The van der Waals surface area contributed by atoms with Crippen LogP contribution in [0.3, 0.4) is 0 Å². The van der Waals surface area contributed by atoms with Crippen LogP contribution in [0, 0.1) is 5.82 Å². The van der Waals surface area contributed by atoms with Gasteiger partial charge in [-0.1, -0.05) is 19.1 Å². The summed E-state index contributed by atoms with van der Waals surface area (Å²) in [6.45, 7) is 5.91. The Bertz CT molecular complexity index is 377. The SMILES string of the molecule is CCNONC(=O)C(C)(C)c1ccc(F)cc1. The molecular formula is C12H17FN2O2. The summed E-state index contributed by atoms with van der Waals surface area (Å²) in [6.07, 6.45) is 0. The molecule has 0 saturated heterocycles. The van der Waals surface area contributed by atoms with E-state index in [1.165, 1.54) is 12.1 Å². The van der Waals surface area contributed by atoms with Crippen molar-refractivity contribution in [1.82, 2.24) is 11.0 Å². The monoisotopic (exact) mass is 240 g/mol. The predicted molar refractivity (Wildman–Crippen MR) is 62.3 cm³/mol. The summed E-state index contributed by atoms with van der Waals surface area (Å²) in [7, 11) is 0. The fourth-order valence-electron chi connectivity index (χ4n) is 1.28. The summed E-state index contributed by atoms with van der Waals surface area (Å²) in [5, 5.41) is 0. The second-order valence-corrected chi connectivity index (χ2v) is 4.16. The maximum atomic E-state index is 12.8. The molecule has 0 aliphatic carbocycles. The van der Waals surface area contributed by atoms with Gasteiger partial charge in [-0.05, 0) is 31.5 Å². The molecule has 2 N–H and O–H groups in total. The molecule has 1 aromatic rings. The van der Waals surface area contributed by atoms with Gasteiger partial charge >= 0.3 is 0 Å². The van der Waals surface area contributed by atoms with E-state index in [4.69, 9.17) is 4.94 Å². The molecule has 0 spiro atoms. The van der Waals surface area contributed by atoms with E-state index < -0.39 is 5.41 Å². The molecule has 0 fully saturated rings. The number of benzene rings is 1. The fraction of sp³-hybridized carbons (Fsp3) is 0.417. The van der Waals surface area contributed by atoms with Crippen molar-refractivity contribution in [2.75, 3.05) is 6.54 Å². The number of carbonyl (C=O) groups excluding carboxylic acids is 1. The quantitative estimate of drug-likeness (QED) is 0.608. The van der Waals surface area contributed by atoms with Crippen molar-refractivity contribution in [3.05, 3.63) is 35.6 Å². The molecule has 0 aliphatic rings. The third-order valence-corrected chi connectivity index (χ3v) is 2.49. The first-order chi connectivity index (χ1) is 7.98. The van der Waals surface area contributed by atoms with Crippen LogP contribution in [0.4, 0.5) is 4.39 Å². The van der Waals surface area contributed by atoms with Gasteiger partial charge in [0.2, 0.25) is 0 Å². The molecule has 17 heavy (non-hydrogen) atoms. The molecule has 0 atom stereocenters. The lowest BCUT2D eigenvalue weighted by atomic mass is 9.84. The number of rotatable bonds is 5. The predicted octanol–water partition coefficient (Wildman–Crippen LogP) is 1.68. The average molecular weight is 240 g/mol. The maximum Gasteiger partial charge on any atom is 0.255 e. The molecule has 0 aromatic heterocycles. The molecule has 0 radical (unpaired) electrons. The molecular weight excluding hydrogens is 223 g/mol. The summed E-state index contributed by atoms with van der Waals surface area (Å²) < 4.78 is 12.8. The van der Waals surface area contributed by atoms with Gasteiger partial charge in [0.25, 0.3) is 5.91 Å². The van der Waals surface area contributed by atoms with Crippen molar-refractivity contribution in [2.45, 2.75) is 26.2 Å². The highest BCUT2D eigenvalue weighted by Crippen LogP contribution is 2.23. The van der Waals surface area contributed by atoms with Crippen LogP contribution in [-0.4, -0.2) is 12.5 Å². The van der Waals surface area contributed by atoms with E-state index in [9.17, 15) is 9.18 Å². The van der Waals surface area contributed by atoms with Crippen molar-refractivity contribution >= 4 is 5.91 Å². The summed E-state index contributed by atoms with van der Waals surface area (Å²) in [5.74, 6) is -0.626. The summed E-state index contributed by atoms with van der Waals surface area (Å²) in [4.78, 5) is 16.6. The van der Waals surface area contributed by atoms with Crippen LogP contribution in [0.2, 0.25) is 0 Å². The highest BCUT2D eigenvalue weighted by Gasteiger charge is 2.30. The van der Waals surface area contributed by atoms with Crippen molar-refractivity contribution in [3.8, 4) is 0 Å². The first-order valence-corrected chi connectivity index (χ1v) is 5.43. The Kier molecular flexibility index (Phi) is 4.60. The van der Waals surface area contributed by atoms with Crippen LogP contribution in [-0.2, 0) is 15.1 Å². The van der Waals surface area contributed by atoms with E-state index in [1.807, 2.05) is 6.92 Å². The summed E-state index contributed by atoms with van der Waals surface area (Å²) in [5.41, 5.74) is 4.74. The molecule has 5 heteroatoms. The topological polar surface area (TPSA) is 50.4 Å². The van der Waals surface area contributed by atoms with Gasteiger partial charge < -0.3 is 0 Å². The largest absolute Gasteiger partial charge is 0.272 e. The van der Waals surface area contributed by atoms with E-state index in [0.29, 0.717) is 6.54 Å². The summed E-state index contributed by atoms with van der Waals surface area (Å²) in [6, 6.07) is 5.83. The molecule has 0 aliphatic heterocycles. The van der Waals surface area contributed by atoms with Crippen LogP contribution < -0.4 is 11.0 Å². The van der Waals surface area contributed by atoms with Crippen LogP contribution in [0.5, 0.6) is 0 Å². The highest BCUT2D eigenvalue weighted by atomic mass is 19.1. The molecule has 1 rings (SSSR count). The molecule has 1 amide bonds. The molecule has 0 heterocycles. The Balaban J connectivity index is 2.72. The zero-order valence-corrected chi connectivity index (χ0v) is 10.2. The number of carbonyl (C=O) groups is 1. The van der Waals surface area contributed by atoms with Gasteiger partial charge in [-0.25, -0.2) is 9.87 Å². The standard InChI is InChI=1S/C12H17FN2O2/c1-4-14-17-15-11(16)12(2,3)9-5-7-10(13)8-6-9/h5-8,14H,4H2,1-3H3,(H,15,16). The number of nitrogens with one attached hydrogen (secondary N) is 2. The van der Waals surface area contributed by atoms with Crippen LogP contribution in [0.15, 0.2) is 24.3 Å². The van der Waals surface area contributed by atoms with E-state index in [2.05, 4.69) is 11.0 Å². The number of hydrogen-bond acceptors (Lipinski definition) is 3. The van der Waals surface area contributed by atoms with E-state index in [0.717, 1.165) is 5.56 Å². The molecule has 0 unspecified atom stereocenters. The lowest BCUT2D eigenvalue weighted by Gasteiger charge is -2.23. The highest BCUT2D eigenvalue weighted by molar-refractivity contribution is 5.86. The van der Waals surface area contributed by atoms with Crippen LogP contribution in [0.25, 0.3) is 0 Å². The first-order valence-electron chi connectivity index (χ1n) is 5.43. The van der Waals surface area contributed by atoms with E-state index >= 15 is 0 Å². The second-order valence-electron chi connectivity index (χ2n) is 4.16. The minimum atomic E-state index is -0.789. The number of amides is 1. The fourth-order valence-corrected chi connectivity index (χ4v) is 1.28. The third kappa shape index (κ3) is 3.51. The van der Waals surface area contributed by atoms with Crippen molar-refractivity contribution in [2.24, 2.45) is 0 Å². The van der Waals surface area contributed by atoms with Crippen molar-refractivity contribution < 1.29 is 14.1 Å². The van der Waals surface area contributed by atoms with Gasteiger partial charge in [0.1, 0.15) is 5.82 Å². The lowest BCUT2D eigenvalue weighted by Crippen LogP contribution is -2.42. The third-order valence-electron chi connectivity index (χ3n) is 2.49. The van der Waals surface area contributed by atoms with Crippen molar-refractivity contribution in [1.29, 1.82) is 0 Å². The Morgan fingerprint density at radius 1 is 1.35 bits per heavy atom. The molecule has 94 valence electrons. The number of hydrogen-bond donors (Lipinski definition) is 2. The second kappa shape index (κ2) is 5.75. The van der Waals surface area contributed by atoms with Gasteiger partial charge in [-0.15, -0.1) is 0 Å². The minimum Gasteiger partial charge on any atom is -0.272 e. The van der Waals surface area contributed by atoms with Gasteiger partial charge in [0.15, 0.2) is 0 Å². The van der Waals surface area contributed by atoms with Crippen LogP contribution in [0.1, 0.15) is 26.3 Å². The Morgan fingerprint density at radius 3 is 2.47 bits per heavy atom. The molecule has 0 bridgehead atoms. The zero-order chi connectivity index (χ0) is 12.9. The Hall–Kier alpha value is -1.46. The normalized spacial score (nSPS) is 11.3. The first kappa shape index (κ1) is 13.6. The molecule has 1 aromatic carbocycles. The molecule has 4 nitrogen and oxygen atoms in total. The lowest BCUT2D eigenvalue weighted by molar-refractivity contribution is -0.145. The molecule has 0 saturated carbocycles. The maximum absolute atomic E-state index is 12.8. The van der Waals surface area contributed by atoms with E-state index in [-0.39, 0.29) is 11.7 Å². The Morgan fingerprint density at radius 2 is 1.94 bits per heavy atom. The number of hydroxylamine groups is 2. The van der Waals surface area contributed by atoms with Gasteiger partial charge in [0, 0.05) is 6.54 Å². The van der Waals surface area contributed by atoms with Gasteiger partial charge in [0.05, 0.1) is 5.41 Å². The van der Waals surface area contributed by atoms with Crippen LogP contribution >= 0.6 is 0 Å². The van der Waals surface area contributed by atoms with E-state index in [1.54, 1.807) is 26.0 Å². The zero-order valence-electron chi connectivity index (χ0n) is 10.2. The minimum absolute atomic E-state index is 0.301. The smallest absolute Gasteiger partial charge is 0.255 e. The summed E-state index contributed by atoms with van der Waals surface area (Å²) >= 11 is 0. The Labute approximate surface area is 100 Å². The number of halogens is 1. The average Bonchev–Trinajstić information content (AvgIpc) is 2.29.